The van der Waals surface area contributed by atoms with Gasteiger partial charge in [-0.15, -0.1) is 0 Å². The maximum absolute atomic E-state index is 11.9. The summed E-state index contributed by atoms with van der Waals surface area (Å²) in [5, 5.41) is 12.6. The third kappa shape index (κ3) is 4.15. The first-order chi connectivity index (χ1) is 11.6. The molecule has 2 heterocycles. The van der Waals surface area contributed by atoms with Gasteiger partial charge in [-0.2, -0.15) is 0 Å². The van der Waals surface area contributed by atoms with Crippen LogP contribution in [0.1, 0.15) is 10.4 Å². The molecule has 0 aliphatic carbocycles. The first-order valence-corrected chi connectivity index (χ1v) is 8.00. The van der Waals surface area contributed by atoms with Crippen LogP contribution in [0, 0.1) is 0 Å². The van der Waals surface area contributed by atoms with E-state index < -0.39 is 6.10 Å². The van der Waals surface area contributed by atoms with Crippen molar-refractivity contribution in [1.82, 2.24) is 10.3 Å². The Bertz CT molecular complexity index is 740. The predicted molar refractivity (Wildman–Crippen MR) is 88.3 cm³/mol. The molecule has 1 atom stereocenters. The maximum Gasteiger partial charge on any atom is 0.252 e. The van der Waals surface area contributed by atoms with Gasteiger partial charge in [0, 0.05) is 29.5 Å². The number of fused-ring (bicyclic) bond motifs is 1. The summed E-state index contributed by atoms with van der Waals surface area (Å²) >= 11 is 3.25. The first-order valence-electron chi connectivity index (χ1n) is 7.21. The van der Waals surface area contributed by atoms with Crippen molar-refractivity contribution in [3.63, 3.8) is 0 Å². The van der Waals surface area contributed by atoms with Crippen molar-refractivity contribution < 1.29 is 24.1 Å². The summed E-state index contributed by atoms with van der Waals surface area (Å²) < 4.78 is 16.7. The zero-order valence-corrected chi connectivity index (χ0v) is 14.2. The van der Waals surface area contributed by atoms with Crippen molar-refractivity contribution in [1.29, 1.82) is 0 Å². The number of halogens is 1. The average Bonchev–Trinajstić information content (AvgIpc) is 3.05. The summed E-state index contributed by atoms with van der Waals surface area (Å²) in [6.07, 6.45) is 2.19. The zero-order chi connectivity index (χ0) is 16.9. The minimum atomic E-state index is -0.848. The number of pyridine rings is 1. The van der Waals surface area contributed by atoms with Gasteiger partial charge >= 0.3 is 0 Å². The highest BCUT2D eigenvalue weighted by atomic mass is 79.9. The summed E-state index contributed by atoms with van der Waals surface area (Å²) in [4.78, 5) is 15.9. The number of aliphatic hydroxyl groups excluding tert-OH is 1. The highest BCUT2D eigenvalue weighted by molar-refractivity contribution is 9.10. The molecule has 1 unspecified atom stereocenters. The van der Waals surface area contributed by atoms with Crippen molar-refractivity contribution in [3.8, 4) is 17.2 Å². The molecule has 2 N–H and O–H groups in total. The van der Waals surface area contributed by atoms with Crippen LogP contribution in [0.2, 0.25) is 0 Å². The topological polar surface area (TPSA) is 89.9 Å². The SMILES string of the molecule is O=C(NCC(O)COc1ccc2c(c1)OCO2)c1cncc(Br)c1. The number of nitrogens with zero attached hydrogens (tertiary/aromatic N) is 1. The van der Waals surface area contributed by atoms with Gasteiger partial charge in [-0.3, -0.25) is 9.78 Å². The molecule has 7 nitrogen and oxygen atoms in total. The lowest BCUT2D eigenvalue weighted by Gasteiger charge is -2.13. The fraction of sp³-hybridized carbons (Fsp3) is 0.250. The highest BCUT2D eigenvalue weighted by Gasteiger charge is 2.15. The Morgan fingerprint density at radius 3 is 3.00 bits per heavy atom. The molecule has 8 heteroatoms. The molecular formula is C16H15BrN2O5. The van der Waals surface area contributed by atoms with Crippen LogP contribution >= 0.6 is 15.9 Å². The van der Waals surface area contributed by atoms with E-state index in [1.165, 1.54) is 6.20 Å². The molecule has 0 bridgehead atoms. The van der Waals surface area contributed by atoms with E-state index in [0.717, 1.165) is 0 Å². The maximum atomic E-state index is 11.9. The molecule has 0 saturated carbocycles. The van der Waals surface area contributed by atoms with Gasteiger partial charge in [0.25, 0.3) is 5.91 Å². The van der Waals surface area contributed by atoms with Gasteiger partial charge in [-0.1, -0.05) is 0 Å². The summed E-state index contributed by atoms with van der Waals surface area (Å²) in [7, 11) is 0. The predicted octanol–water partition coefficient (Wildman–Crippen LogP) is 1.74. The number of carbonyl (C=O) groups excluding carboxylic acids is 1. The molecule has 1 aromatic heterocycles. The van der Waals surface area contributed by atoms with Crippen LogP contribution in [0.15, 0.2) is 41.1 Å². The normalized spacial score (nSPS) is 13.4. The lowest BCUT2D eigenvalue weighted by atomic mass is 10.2. The minimum Gasteiger partial charge on any atom is -0.491 e. The second-order valence-corrected chi connectivity index (χ2v) is 6.00. The van der Waals surface area contributed by atoms with Gasteiger partial charge in [-0.25, -0.2) is 0 Å². The summed E-state index contributed by atoms with van der Waals surface area (Å²) in [6, 6.07) is 6.82. The zero-order valence-electron chi connectivity index (χ0n) is 12.6. The van der Waals surface area contributed by atoms with E-state index in [2.05, 4.69) is 26.2 Å². The van der Waals surface area contributed by atoms with Crippen LogP contribution in [0.5, 0.6) is 17.2 Å². The Hall–Kier alpha value is -2.32. The van der Waals surface area contributed by atoms with Gasteiger partial charge in [0.2, 0.25) is 6.79 Å². The molecule has 1 aromatic carbocycles. The van der Waals surface area contributed by atoms with Crippen LogP contribution in [-0.4, -0.2) is 42.0 Å². The number of hydrogen-bond donors (Lipinski definition) is 2. The number of rotatable bonds is 6. The van der Waals surface area contributed by atoms with Crippen molar-refractivity contribution >= 4 is 21.8 Å². The van der Waals surface area contributed by atoms with Crippen LogP contribution in [0.4, 0.5) is 0 Å². The number of carbonyl (C=O) groups is 1. The van der Waals surface area contributed by atoms with Gasteiger partial charge in [0.1, 0.15) is 18.5 Å². The molecule has 24 heavy (non-hydrogen) atoms. The van der Waals surface area contributed by atoms with E-state index in [1.807, 2.05) is 0 Å². The van der Waals surface area contributed by atoms with E-state index in [9.17, 15) is 9.90 Å². The highest BCUT2D eigenvalue weighted by Crippen LogP contribution is 2.35. The average molecular weight is 395 g/mol. The first kappa shape index (κ1) is 16.5. The van der Waals surface area contributed by atoms with E-state index >= 15 is 0 Å². The molecule has 1 aliphatic heterocycles. The molecule has 1 aliphatic rings. The van der Waals surface area contributed by atoms with Gasteiger partial charge in [0.05, 0.1) is 5.56 Å². The molecule has 2 aromatic rings. The van der Waals surface area contributed by atoms with Crippen LogP contribution in [-0.2, 0) is 0 Å². The summed E-state index contributed by atoms with van der Waals surface area (Å²) in [5.41, 5.74) is 0.410. The molecule has 0 fully saturated rings. The molecule has 0 radical (unpaired) electrons. The lowest BCUT2D eigenvalue weighted by molar-refractivity contribution is 0.0843. The number of nitrogens with one attached hydrogen (secondary N) is 1. The molecule has 126 valence electrons. The number of hydrogen-bond acceptors (Lipinski definition) is 6. The molecule has 3 rings (SSSR count). The Morgan fingerprint density at radius 2 is 2.17 bits per heavy atom. The second kappa shape index (κ2) is 7.50. The molecule has 1 amide bonds. The molecule has 0 saturated heterocycles. The minimum absolute atomic E-state index is 0.0384. The van der Waals surface area contributed by atoms with Crippen molar-refractivity contribution in [2.24, 2.45) is 0 Å². The number of benzene rings is 1. The number of aromatic nitrogens is 1. The van der Waals surface area contributed by atoms with Crippen molar-refractivity contribution in [2.75, 3.05) is 19.9 Å². The lowest BCUT2D eigenvalue weighted by Crippen LogP contribution is -2.35. The van der Waals surface area contributed by atoms with Crippen molar-refractivity contribution in [3.05, 3.63) is 46.7 Å². The number of ether oxygens (including phenoxy) is 3. The third-order valence-corrected chi connectivity index (χ3v) is 3.69. The third-order valence-electron chi connectivity index (χ3n) is 3.25. The van der Waals surface area contributed by atoms with Crippen LogP contribution < -0.4 is 19.5 Å². The van der Waals surface area contributed by atoms with E-state index in [0.29, 0.717) is 27.3 Å². The van der Waals surface area contributed by atoms with Gasteiger partial charge in [0.15, 0.2) is 11.5 Å². The fourth-order valence-electron chi connectivity index (χ4n) is 2.07. The number of aliphatic hydroxyl groups is 1. The van der Waals surface area contributed by atoms with E-state index in [-0.39, 0.29) is 25.9 Å². The Morgan fingerprint density at radius 1 is 1.33 bits per heavy atom. The largest absolute Gasteiger partial charge is 0.491 e. The Kier molecular flexibility index (Phi) is 5.17. The van der Waals surface area contributed by atoms with E-state index in [1.54, 1.807) is 30.5 Å². The smallest absolute Gasteiger partial charge is 0.252 e. The quantitative estimate of drug-likeness (QED) is 0.775. The second-order valence-electron chi connectivity index (χ2n) is 5.08. The van der Waals surface area contributed by atoms with Gasteiger partial charge < -0.3 is 24.6 Å². The monoisotopic (exact) mass is 394 g/mol. The summed E-state index contributed by atoms with van der Waals surface area (Å²) in [6.45, 7) is 0.296. The van der Waals surface area contributed by atoms with Crippen LogP contribution in [0.3, 0.4) is 0 Å². The molecule has 0 spiro atoms. The van der Waals surface area contributed by atoms with Crippen LogP contribution in [0.25, 0.3) is 0 Å². The summed E-state index contributed by atoms with van der Waals surface area (Å²) in [5.74, 6) is 1.52. The Balaban J connectivity index is 1.46. The Labute approximate surface area is 146 Å². The fourth-order valence-corrected chi connectivity index (χ4v) is 2.43. The van der Waals surface area contributed by atoms with Gasteiger partial charge in [-0.05, 0) is 34.1 Å². The number of amides is 1. The molecular weight excluding hydrogens is 380 g/mol. The standard InChI is InChI=1S/C16H15BrN2O5/c17-11-3-10(5-18-6-11)16(21)19-7-12(20)8-22-13-1-2-14-15(4-13)24-9-23-14/h1-6,12,20H,7-9H2,(H,19,21). The van der Waals surface area contributed by atoms with E-state index in [4.69, 9.17) is 14.2 Å². The van der Waals surface area contributed by atoms with Crippen molar-refractivity contribution in [2.45, 2.75) is 6.10 Å².